The van der Waals surface area contributed by atoms with E-state index >= 15 is 0 Å². The first-order valence-electron chi connectivity index (χ1n) is 8.18. The van der Waals surface area contributed by atoms with Gasteiger partial charge in [-0.25, -0.2) is 9.59 Å². The molecular weight excluding hydrogens is 350 g/mol. The summed E-state index contributed by atoms with van der Waals surface area (Å²) in [6.07, 6.45) is 0. The summed E-state index contributed by atoms with van der Waals surface area (Å²) in [5, 5.41) is 12.4. The lowest BCUT2D eigenvalue weighted by atomic mass is 10.1. The predicted octanol–water partition coefficient (Wildman–Crippen LogP) is 2.49. The summed E-state index contributed by atoms with van der Waals surface area (Å²) in [6, 6.07) is 12.8. The molecule has 3 aromatic rings. The maximum Gasteiger partial charge on any atom is 0.336 e. The lowest BCUT2D eigenvalue weighted by Gasteiger charge is -2.09. The monoisotopic (exact) mass is 367 g/mol. The quantitative estimate of drug-likeness (QED) is 0.649. The van der Waals surface area contributed by atoms with Crippen molar-refractivity contribution in [2.24, 2.45) is 0 Å². The SMILES string of the molecule is Cc1cc(=O)oc2cc(OCC(=O)NCc3cccc(C(=O)O)c3)ccc12. The Labute approximate surface area is 154 Å². The number of carbonyl (C=O) groups is 2. The average Bonchev–Trinajstić information content (AvgIpc) is 2.64. The molecule has 0 unspecified atom stereocenters. The summed E-state index contributed by atoms with van der Waals surface area (Å²) in [7, 11) is 0. The molecule has 1 amide bonds. The zero-order chi connectivity index (χ0) is 19.4. The normalized spacial score (nSPS) is 10.6. The fraction of sp³-hybridized carbons (Fsp3) is 0.150. The van der Waals surface area contributed by atoms with Gasteiger partial charge in [0, 0.05) is 24.1 Å². The lowest BCUT2D eigenvalue weighted by Crippen LogP contribution is -2.28. The highest BCUT2D eigenvalue weighted by atomic mass is 16.5. The molecular formula is C20H17NO6. The van der Waals surface area contributed by atoms with Gasteiger partial charge >= 0.3 is 11.6 Å². The maximum absolute atomic E-state index is 12.0. The minimum Gasteiger partial charge on any atom is -0.484 e. The topological polar surface area (TPSA) is 106 Å². The highest BCUT2D eigenvalue weighted by Crippen LogP contribution is 2.22. The van der Waals surface area contributed by atoms with Crippen LogP contribution in [0.2, 0.25) is 0 Å². The van der Waals surface area contributed by atoms with Crippen molar-refractivity contribution in [2.45, 2.75) is 13.5 Å². The summed E-state index contributed by atoms with van der Waals surface area (Å²) < 4.78 is 10.6. The van der Waals surface area contributed by atoms with Gasteiger partial charge in [-0.2, -0.15) is 0 Å². The maximum atomic E-state index is 12.0. The number of carboxylic acids is 1. The molecule has 3 rings (SSSR count). The van der Waals surface area contributed by atoms with Crippen molar-refractivity contribution in [3.05, 3.63) is 75.6 Å². The van der Waals surface area contributed by atoms with E-state index in [-0.39, 0.29) is 24.6 Å². The summed E-state index contributed by atoms with van der Waals surface area (Å²) in [5.74, 6) is -0.981. The Morgan fingerprint density at radius 1 is 1.15 bits per heavy atom. The standard InChI is InChI=1S/C20H17NO6/c1-12-7-19(23)27-17-9-15(5-6-16(12)17)26-11-18(22)21-10-13-3-2-4-14(8-13)20(24)25/h2-9H,10-11H2,1H3,(H,21,22)(H,24,25). The van der Waals surface area contributed by atoms with Crippen LogP contribution in [-0.4, -0.2) is 23.6 Å². The van der Waals surface area contributed by atoms with Gasteiger partial charge in [0.2, 0.25) is 0 Å². The predicted molar refractivity (Wildman–Crippen MR) is 98.0 cm³/mol. The van der Waals surface area contributed by atoms with Gasteiger partial charge in [0.15, 0.2) is 6.61 Å². The van der Waals surface area contributed by atoms with Crippen LogP contribution >= 0.6 is 0 Å². The second-order valence-corrected chi connectivity index (χ2v) is 5.98. The third kappa shape index (κ3) is 4.52. The molecule has 0 radical (unpaired) electrons. The van der Waals surface area contributed by atoms with Crippen LogP contribution in [0, 0.1) is 6.92 Å². The van der Waals surface area contributed by atoms with Gasteiger partial charge in [0.1, 0.15) is 11.3 Å². The number of hydrogen-bond acceptors (Lipinski definition) is 5. The zero-order valence-corrected chi connectivity index (χ0v) is 14.5. The van der Waals surface area contributed by atoms with E-state index in [0.29, 0.717) is 16.9 Å². The molecule has 0 atom stereocenters. The number of aromatic carboxylic acids is 1. The Hall–Kier alpha value is -3.61. The first kappa shape index (κ1) is 18.2. The summed E-state index contributed by atoms with van der Waals surface area (Å²) in [5.41, 5.74) is 1.58. The second-order valence-electron chi connectivity index (χ2n) is 5.98. The first-order valence-corrected chi connectivity index (χ1v) is 8.18. The van der Waals surface area contributed by atoms with E-state index in [1.54, 1.807) is 30.3 Å². The van der Waals surface area contributed by atoms with Crippen molar-refractivity contribution >= 4 is 22.8 Å². The molecule has 0 aliphatic carbocycles. The van der Waals surface area contributed by atoms with Crippen molar-refractivity contribution in [3.63, 3.8) is 0 Å². The molecule has 0 bridgehead atoms. The molecule has 0 saturated carbocycles. The molecule has 27 heavy (non-hydrogen) atoms. The van der Waals surface area contributed by atoms with Gasteiger partial charge in [-0.05, 0) is 42.3 Å². The molecule has 0 aliphatic rings. The number of fused-ring (bicyclic) bond motifs is 1. The smallest absolute Gasteiger partial charge is 0.336 e. The first-order chi connectivity index (χ1) is 12.9. The van der Waals surface area contributed by atoms with Gasteiger partial charge in [-0.3, -0.25) is 4.79 Å². The average molecular weight is 367 g/mol. The lowest BCUT2D eigenvalue weighted by molar-refractivity contribution is -0.123. The fourth-order valence-electron chi connectivity index (χ4n) is 2.61. The number of ether oxygens (including phenoxy) is 1. The number of rotatable bonds is 6. The minimum atomic E-state index is -1.02. The van der Waals surface area contributed by atoms with Crippen LogP contribution < -0.4 is 15.7 Å². The van der Waals surface area contributed by atoms with Crippen LogP contribution in [0.4, 0.5) is 0 Å². The van der Waals surface area contributed by atoms with Crippen molar-refractivity contribution < 1.29 is 23.8 Å². The van der Waals surface area contributed by atoms with Crippen LogP contribution in [-0.2, 0) is 11.3 Å². The van der Waals surface area contributed by atoms with Crippen LogP contribution in [0.25, 0.3) is 11.0 Å². The van der Waals surface area contributed by atoms with Crippen LogP contribution in [0.1, 0.15) is 21.5 Å². The van der Waals surface area contributed by atoms with Gasteiger partial charge in [-0.15, -0.1) is 0 Å². The van der Waals surface area contributed by atoms with E-state index in [2.05, 4.69) is 5.32 Å². The van der Waals surface area contributed by atoms with E-state index in [4.69, 9.17) is 14.3 Å². The van der Waals surface area contributed by atoms with Gasteiger partial charge in [0.05, 0.1) is 5.56 Å². The fourth-order valence-corrected chi connectivity index (χ4v) is 2.61. The number of hydrogen-bond donors (Lipinski definition) is 2. The molecule has 1 heterocycles. The molecule has 0 fully saturated rings. The Morgan fingerprint density at radius 3 is 2.74 bits per heavy atom. The molecule has 2 N–H and O–H groups in total. The van der Waals surface area contributed by atoms with E-state index in [0.717, 1.165) is 10.9 Å². The van der Waals surface area contributed by atoms with Crippen LogP contribution in [0.5, 0.6) is 5.75 Å². The van der Waals surface area contributed by atoms with Crippen LogP contribution in [0.3, 0.4) is 0 Å². The number of carbonyl (C=O) groups excluding carboxylic acids is 1. The molecule has 0 spiro atoms. The Kier molecular flexibility index (Phi) is 5.21. The number of amides is 1. The molecule has 7 heteroatoms. The van der Waals surface area contributed by atoms with E-state index in [1.165, 1.54) is 18.2 Å². The summed E-state index contributed by atoms with van der Waals surface area (Å²) in [4.78, 5) is 34.4. The van der Waals surface area contributed by atoms with Gasteiger partial charge in [0.25, 0.3) is 5.91 Å². The highest BCUT2D eigenvalue weighted by molar-refractivity contribution is 5.87. The molecule has 7 nitrogen and oxygen atoms in total. The van der Waals surface area contributed by atoms with Crippen molar-refractivity contribution in [2.75, 3.05) is 6.61 Å². The number of carboxylic acid groups (broad SMARTS) is 1. The van der Waals surface area contributed by atoms with E-state index < -0.39 is 11.6 Å². The molecule has 0 saturated heterocycles. The minimum absolute atomic E-state index is 0.158. The molecule has 2 aromatic carbocycles. The van der Waals surface area contributed by atoms with Gasteiger partial charge < -0.3 is 19.6 Å². The number of benzene rings is 2. The third-order valence-corrected chi connectivity index (χ3v) is 3.96. The molecule has 1 aromatic heterocycles. The van der Waals surface area contributed by atoms with Crippen molar-refractivity contribution in [3.8, 4) is 5.75 Å². The Morgan fingerprint density at radius 2 is 1.96 bits per heavy atom. The number of nitrogens with one attached hydrogen (secondary N) is 1. The molecule has 138 valence electrons. The largest absolute Gasteiger partial charge is 0.484 e. The zero-order valence-electron chi connectivity index (χ0n) is 14.5. The van der Waals surface area contributed by atoms with E-state index in [9.17, 15) is 14.4 Å². The van der Waals surface area contributed by atoms with Crippen LogP contribution in [0.15, 0.2) is 57.7 Å². The third-order valence-electron chi connectivity index (χ3n) is 3.96. The summed E-state index contributed by atoms with van der Waals surface area (Å²) in [6.45, 7) is 1.78. The number of aryl methyl sites for hydroxylation is 1. The van der Waals surface area contributed by atoms with Gasteiger partial charge in [-0.1, -0.05) is 12.1 Å². The summed E-state index contributed by atoms with van der Waals surface area (Å²) >= 11 is 0. The van der Waals surface area contributed by atoms with Crippen molar-refractivity contribution in [1.82, 2.24) is 5.32 Å². The Bertz CT molecular complexity index is 1070. The molecule has 0 aliphatic heterocycles. The van der Waals surface area contributed by atoms with E-state index in [1.807, 2.05) is 6.92 Å². The Balaban J connectivity index is 1.59. The van der Waals surface area contributed by atoms with Crippen molar-refractivity contribution in [1.29, 1.82) is 0 Å². The highest BCUT2D eigenvalue weighted by Gasteiger charge is 2.08. The second kappa shape index (κ2) is 7.74.